The van der Waals surface area contributed by atoms with E-state index in [1.807, 2.05) is 36.9 Å². The normalized spacial score (nSPS) is 10.4. The zero-order valence-corrected chi connectivity index (χ0v) is 13.8. The van der Waals surface area contributed by atoms with Gasteiger partial charge in [-0.05, 0) is 48.8 Å². The lowest BCUT2D eigenvalue weighted by Crippen LogP contribution is -2.07. The zero-order chi connectivity index (χ0) is 15.6. The minimum atomic E-state index is -0.158. The molecule has 2 nitrogen and oxygen atoms in total. The van der Waals surface area contributed by atoms with Crippen molar-refractivity contribution in [3.8, 4) is 0 Å². The third kappa shape index (κ3) is 5.94. The standard InChI is InChI=1S/C19H22O2S/c1-2-21-19(20)15-17-12-10-16(11-13-17)7-6-14-22-18-8-4-3-5-9-18/h3-5,8-13H,2,6-7,14-15H2,1H3. The molecule has 0 aromatic heterocycles. The highest BCUT2D eigenvalue weighted by Gasteiger charge is 2.03. The Hall–Kier alpha value is -1.74. The predicted octanol–water partition coefficient (Wildman–Crippen LogP) is 4.52. The van der Waals surface area contributed by atoms with Crippen LogP contribution in [0.15, 0.2) is 59.5 Å². The summed E-state index contributed by atoms with van der Waals surface area (Å²) in [6.45, 7) is 2.27. The van der Waals surface area contributed by atoms with E-state index in [9.17, 15) is 4.79 Å². The van der Waals surface area contributed by atoms with Crippen molar-refractivity contribution >= 4 is 17.7 Å². The molecule has 0 N–H and O–H groups in total. The molecule has 0 aliphatic carbocycles. The van der Waals surface area contributed by atoms with Gasteiger partial charge in [0.25, 0.3) is 0 Å². The number of hydrogen-bond acceptors (Lipinski definition) is 3. The Balaban J connectivity index is 1.71. The maximum Gasteiger partial charge on any atom is 0.310 e. The Kier molecular flexibility index (Phi) is 7.04. The smallest absolute Gasteiger partial charge is 0.310 e. The molecule has 0 amide bonds. The van der Waals surface area contributed by atoms with E-state index in [0.29, 0.717) is 13.0 Å². The van der Waals surface area contributed by atoms with Crippen LogP contribution < -0.4 is 0 Å². The lowest BCUT2D eigenvalue weighted by atomic mass is 10.1. The zero-order valence-electron chi connectivity index (χ0n) is 13.0. The van der Waals surface area contributed by atoms with Crippen LogP contribution in [0.1, 0.15) is 24.5 Å². The van der Waals surface area contributed by atoms with Crippen LogP contribution in [-0.2, 0) is 22.4 Å². The molecule has 0 atom stereocenters. The van der Waals surface area contributed by atoms with Crippen molar-refractivity contribution in [2.75, 3.05) is 12.4 Å². The average Bonchev–Trinajstić information content (AvgIpc) is 2.54. The summed E-state index contributed by atoms with van der Waals surface area (Å²) >= 11 is 1.90. The highest BCUT2D eigenvalue weighted by atomic mass is 32.2. The fourth-order valence-corrected chi connectivity index (χ4v) is 3.06. The molecule has 0 fully saturated rings. The summed E-state index contributed by atoms with van der Waals surface area (Å²) in [6.07, 6.45) is 2.58. The molecule has 0 aliphatic heterocycles. The van der Waals surface area contributed by atoms with E-state index >= 15 is 0 Å². The average molecular weight is 314 g/mol. The highest BCUT2D eigenvalue weighted by Crippen LogP contribution is 2.19. The summed E-state index contributed by atoms with van der Waals surface area (Å²) < 4.78 is 4.96. The van der Waals surface area contributed by atoms with E-state index in [1.165, 1.54) is 10.5 Å². The summed E-state index contributed by atoms with van der Waals surface area (Å²) in [5, 5.41) is 0. The maximum absolute atomic E-state index is 11.4. The third-order valence-corrected chi connectivity index (χ3v) is 4.40. The first-order valence-electron chi connectivity index (χ1n) is 7.69. The van der Waals surface area contributed by atoms with Crippen LogP contribution in [-0.4, -0.2) is 18.3 Å². The first kappa shape index (κ1) is 16.6. The van der Waals surface area contributed by atoms with Gasteiger partial charge in [0, 0.05) is 4.90 Å². The minimum Gasteiger partial charge on any atom is -0.466 e. The van der Waals surface area contributed by atoms with Crippen molar-refractivity contribution in [1.82, 2.24) is 0 Å². The first-order valence-corrected chi connectivity index (χ1v) is 8.68. The van der Waals surface area contributed by atoms with E-state index in [1.54, 1.807) is 0 Å². The Morgan fingerprint density at radius 1 is 1.00 bits per heavy atom. The Morgan fingerprint density at radius 3 is 2.36 bits per heavy atom. The molecule has 2 aromatic rings. The molecule has 0 radical (unpaired) electrons. The molecule has 0 unspecified atom stereocenters. The van der Waals surface area contributed by atoms with Crippen LogP contribution in [0.2, 0.25) is 0 Å². The molecular formula is C19H22O2S. The molecule has 116 valence electrons. The monoisotopic (exact) mass is 314 g/mol. The molecule has 0 bridgehead atoms. The van der Waals surface area contributed by atoms with Crippen molar-refractivity contribution in [2.24, 2.45) is 0 Å². The predicted molar refractivity (Wildman–Crippen MR) is 92.3 cm³/mol. The molecule has 3 heteroatoms. The Bertz CT molecular complexity index is 564. The number of thioether (sulfide) groups is 1. The number of aryl methyl sites for hydroxylation is 1. The van der Waals surface area contributed by atoms with Gasteiger partial charge in [0.2, 0.25) is 0 Å². The number of benzene rings is 2. The SMILES string of the molecule is CCOC(=O)Cc1ccc(CCCSc2ccccc2)cc1. The topological polar surface area (TPSA) is 26.3 Å². The molecule has 0 saturated carbocycles. The third-order valence-electron chi connectivity index (χ3n) is 3.30. The summed E-state index contributed by atoms with van der Waals surface area (Å²) in [7, 11) is 0. The number of carbonyl (C=O) groups excluding carboxylic acids is 1. The van der Waals surface area contributed by atoms with Gasteiger partial charge < -0.3 is 4.74 Å². The van der Waals surface area contributed by atoms with Crippen molar-refractivity contribution in [3.63, 3.8) is 0 Å². The molecule has 22 heavy (non-hydrogen) atoms. The van der Waals surface area contributed by atoms with Gasteiger partial charge in [0.15, 0.2) is 0 Å². The fraction of sp³-hybridized carbons (Fsp3) is 0.316. The Morgan fingerprint density at radius 2 is 1.68 bits per heavy atom. The van der Waals surface area contributed by atoms with Crippen LogP contribution in [0, 0.1) is 0 Å². The summed E-state index contributed by atoms with van der Waals surface area (Å²) in [4.78, 5) is 12.7. The van der Waals surface area contributed by atoms with Crippen LogP contribution >= 0.6 is 11.8 Å². The van der Waals surface area contributed by atoms with Gasteiger partial charge in [-0.2, -0.15) is 0 Å². The van der Waals surface area contributed by atoms with Crippen LogP contribution in [0.4, 0.5) is 0 Å². The van der Waals surface area contributed by atoms with Gasteiger partial charge in [-0.1, -0.05) is 42.5 Å². The van der Waals surface area contributed by atoms with Crippen LogP contribution in [0.5, 0.6) is 0 Å². The summed E-state index contributed by atoms with van der Waals surface area (Å²) in [6, 6.07) is 18.8. The van der Waals surface area contributed by atoms with Crippen LogP contribution in [0.25, 0.3) is 0 Å². The number of hydrogen-bond donors (Lipinski definition) is 0. The highest BCUT2D eigenvalue weighted by molar-refractivity contribution is 7.99. The number of rotatable bonds is 8. The van der Waals surface area contributed by atoms with Crippen molar-refractivity contribution < 1.29 is 9.53 Å². The Labute approximate surface area is 136 Å². The van der Waals surface area contributed by atoms with Gasteiger partial charge in [-0.3, -0.25) is 4.79 Å². The first-order chi connectivity index (χ1) is 10.8. The van der Waals surface area contributed by atoms with Crippen molar-refractivity contribution in [3.05, 3.63) is 65.7 Å². The summed E-state index contributed by atoms with van der Waals surface area (Å²) in [5.74, 6) is 0.962. The van der Waals surface area contributed by atoms with Gasteiger partial charge in [-0.15, -0.1) is 11.8 Å². The molecule has 0 aliphatic rings. The van der Waals surface area contributed by atoms with E-state index < -0.39 is 0 Å². The van der Waals surface area contributed by atoms with E-state index in [4.69, 9.17) is 4.74 Å². The molecular weight excluding hydrogens is 292 g/mol. The second-order valence-corrected chi connectivity index (χ2v) is 6.23. The van der Waals surface area contributed by atoms with E-state index in [2.05, 4.69) is 36.4 Å². The minimum absolute atomic E-state index is 0.158. The largest absolute Gasteiger partial charge is 0.466 e. The van der Waals surface area contributed by atoms with Gasteiger partial charge in [0.05, 0.1) is 13.0 Å². The second-order valence-electron chi connectivity index (χ2n) is 5.06. The summed E-state index contributed by atoms with van der Waals surface area (Å²) in [5.41, 5.74) is 2.34. The quantitative estimate of drug-likeness (QED) is 0.407. The number of esters is 1. The lowest BCUT2D eigenvalue weighted by molar-refractivity contribution is -0.142. The van der Waals surface area contributed by atoms with Gasteiger partial charge in [0.1, 0.15) is 0 Å². The van der Waals surface area contributed by atoms with Crippen molar-refractivity contribution in [2.45, 2.75) is 31.1 Å². The van der Waals surface area contributed by atoms with Crippen LogP contribution in [0.3, 0.4) is 0 Å². The fourth-order valence-electron chi connectivity index (χ4n) is 2.19. The number of carbonyl (C=O) groups is 1. The molecule has 0 spiro atoms. The lowest BCUT2D eigenvalue weighted by Gasteiger charge is -2.05. The second kappa shape index (κ2) is 9.31. The van der Waals surface area contributed by atoms with Gasteiger partial charge >= 0.3 is 5.97 Å². The van der Waals surface area contributed by atoms with Gasteiger partial charge in [-0.25, -0.2) is 0 Å². The molecule has 2 aromatic carbocycles. The molecule has 2 rings (SSSR count). The molecule has 0 heterocycles. The van der Waals surface area contributed by atoms with E-state index in [-0.39, 0.29) is 5.97 Å². The maximum atomic E-state index is 11.4. The number of ether oxygens (including phenoxy) is 1. The van der Waals surface area contributed by atoms with E-state index in [0.717, 1.165) is 24.2 Å². The molecule has 0 saturated heterocycles. The van der Waals surface area contributed by atoms with Crippen molar-refractivity contribution in [1.29, 1.82) is 0 Å².